The molecule has 7 heteroatoms. The molecule has 0 aliphatic carbocycles. The van der Waals surface area contributed by atoms with Gasteiger partial charge in [0.1, 0.15) is 5.75 Å². The summed E-state index contributed by atoms with van der Waals surface area (Å²) in [5.41, 5.74) is 2.42. The number of nitrogens with zero attached hydrogens (tertiary/aromatic N) is 2. The molecular formula is C26H23ClN2O3S. The van der Waals surface area contributed by atoms with E-state index in [-0.39, 0.29) is 12.4 Å². The number of hydrogen-bond acceptors (Lipinski definition) is 5. The Morgan fingerprint density at radius 1 is 1.00 bits per heavy atom. The molecule has 0 bridgehead atoms. The SMILES string of the molecule is CCOc1ccc(CC(=O)Oc2c(Sc3ccc(Cl)cc3)c(C)nn2-c2ccccc2)cc1. The first-order valence-electron chi connectivity index (χ1n) is 10.5. The van der Waals surface area contributed by atoms with Gasteiger partial charge in [0.2, 0.25) is 5.88 Å². The first-order valence-corrected chi connectivity index (χ1v) is 11.7. The summed E-state index contributed by atoms with van der Waals surface area (Å²) in [5, 5.41) is 5.33. The third-order valence-corrected chi connectivity index (χ3v) is 6.23. The molecule has 0 aliphatic rings. The van der Waals surface area contributed by atoms with Crippen LogP contribution in [0.3, 0.4) is 0 Å². The van der Waals surface area contributed by atoms with E-state index < -0.39 is 0 Å². The number of aryl methyl sites for hydroxylation is 1. The fourth-order valence-electron chi connectivity index (χ4n) is 3.24. The summed E-state index contributed by atoms with van der Waals surface area (Å²) >= 11 is 7.52. The first-order chi connectivity index (χ1) is 16.0. The predicted molar refractivity (Wildman–Crippen MR) is 131 cm³/mol. The summed E-state index contributed by atoms with van der Waals surface area (Å²) in [6.07, 6.45) is 0.135. The van der Waals surface area contributed by atoms with Gasteiger partial charge in [0.05, 0.1) is 29.3 Å². The van der Waals surface area contributed by atoms with Crippen LogP contribution in [-0.4, -0.2) is 22.4 Å². The minimum atomic E-state index is -0.366. The largest absolute Gasteiger partial charge is 0.494 e. The molecule has 0 amide bonds. The quantitative estimate of drug-likeness (QED) is 0.269. The van der Waals surface area contributed by atoms with Crippen molar-refractivity contribution in [2.45, 2.75) is 30.1 Å². The van der Waals surface area contributed by atoms with Crippen LogP contribution in [0.1, 0.15) is 18.2 Å². The van der Waals surface area contributed by atoms with E-state index in [4.69, 9.17) is 21.1 Å². The van der Waals surface area contributed by atoms with E-state index in [1.54, 1.807) is 4.68 Å². The Morgan fingerprint density at radius 2 is 1.70 bits per heavy atom. The Hall–Kier alpha value is -3.22. The predicted octanol–water partition coefficient (Wildman–Crippen LogP) is 6.53. The van der Waals surface area contributed by atoms with Gasteiger partial charge < -0.3 is 9.47 Å². The Morgan fingerprint density at radius 3 is 2.36 bits per heavy atom. The van der Waals surface area contributed by atoms with E-state index in [1.807, 2.05) is 92.7 Å². The van der Waals surface area contributed by atoms with E-state index >= 15 is 0 Å². The molecule has 4 rings (SSSR count). The molecule has 33 heavy (non-hydrogen) atoms. The number of carbonyl (C=O) groups excluding carboxylic acids is 1. The molecule has 0 spiro atoms. The van der Waals surface area contributed by atoms with Crippen molar-refractivity contribution < 1.29 is 14.3 Å². The normalized spacial score (nSPS) is 10.8. The van der Waals surface area contributed by atoms with Crippen molar-refractivity contribution >= 4 is 29.3 Å². The smallest absolute Gasteiger partial charge is 0.317 e. The zero-order valence-electron chi connectivity index (χ0n) is 18.3. The number of aromatic nitrogens is 2. The first kappa shape index (κ1) is 23.0. The van der Waals surface area contributed by atoms with Crippen LogP contribution in [0.2, 0.25) is 5.02 Å². The van der Waals surface area contributed by atoms with E-state index in [0.29, 0.717) is 17.5 Å². The van der Waals surface area contributed by atoms with Gasteiger partial charge in [-0.05, 0) is 67.9 Å². The van der Waals surface area contributed by atoms with Gasteiger partial charge in [-0.2, -0.15) is 9.78 Å². The molecule has 168 valence electrons. The number of para-hydroxylation sites is 1. The van der Waals surface area contributed by atoms with Crippen molar-refractivity contribution in [3.8, 4) is 17.3 Å². The van der Waals surface area contributed by atoms with Crippen molar-refractivity contribution in [3.63, 3.8) is 0 Å². The van der Waals surface area contributed by atoms with Gasteiger partial charge >= 0.3 is 5.97 Å². The van der Waals surface area contributed by atoms with Crippen LogP contribution in [0, 0.1) is 6.92 Å². The molecule has 0 radical (unpaired) electrons. The molecule has 0 aliphatic heterocycles. The number of benzene rings is 3. The molecule has 0 N–H and O–H groups in total. The van der Waals surface area contributed by atoms with Gasteiger partial charge in [0.25, 0.3) is 0 Å². The number of rotatable bonds is 8. The molecule has 4 aromatic rings. The lowest BCUT2D eigenvalue weighted by Gasteiger charge is -2.11. The third-order valence-electron chi connectivity index (χ3n) is 4.79. The van der Waals surface area contributed by atoms with Crippen molar-refractivity contribution in [2.24, 2.45) is 0 Å². The Balaban J connectivity index is 1.62. The lowest BCUT2D eigenvalue weighted by atomic mass is 10.1. The fraction of sp³-hybridized carbons (Fsp3) is 0.154. The van der Waals surface area contributed by atoms with Gasteiger partial charge in [-0.25, -0.2) is 0 Å². The van der Waals surface area contributed by atoms with Crippen LogP contribution >= 0.6 is 23.4 Å². The highest BCUT2D eigenvalue weighted by Crippen LogP contribution is 2.39. The molecule has 0 unspecified atom stereocenters. The average molecular weight is 479 g/mol. The van der Waals surface area contributed by atoms with Crippen LogP contribution in [0.5, 0.6) is 11.6 Å². The lowest BCUT2D eigenvalue weighted by Crippen LogP contribution is -2.14. The maximum atomic E-state index is 12.9. The van der Waals surface area contributed by atoms with Gasteiger partial charge in [-0.1, -0.05) is 53.7 Å². The van der Waals surface area contributed by atoms with E-state index in [9.17, 15) is 4.79 Å². The summed E-state index contributed by atoms with van der Waals surface area (Å²) in [6.45, 7) is 4.43. The minimum absolute atomic E-state index is 0.135. The van der Waals surface area contributed by atoms with Gasteiger partial charge in [-0.15, -0.1) is 0 Å². The Labute approximate surface area is 202 Å². The summed E-state index contributed by atoms with van der Waals surface area (Å²) in [6, 6.07) is 24.6. The average Bonchev–Trinajstić information content (AvgIpc) is 3.12. The van der Waals surface area contributed by atoms with Gasteiger partial charge in [0, 0.05) is 9.92 Å². The summed E-state index contributed by atoms with van der Waals surface area (Å²) < 4.78 is 13.1. The molecule has 5 nitrogen and oxygen atoms in total. The number of esters is 1. The van der Waals surface area contributed by atoms with E-state index in [0.717, 1.165) is 32.5 Å². The van der Waals surface area contributed by atoms with E-state index in [1.165, 1.54) is 11.8 Å². The highest BCUT2D eigenvalue weighted by atomic mass is 35.5. The summed E-state index contributed by atoms with van der Waals surface area (Å²) in [7, 11) is 0. The zero-order chi connectivity index (χ0) is 23.2. The molecule has 0 fully saturated rings. The monoisotopic (exact) mass is 478 g/mol. The van der Waals surface area contributed by atoms with Crippen molar-refractivity contribution in [1.82, 2.24) is 9.78 Å². The van der Waals surface area contributed by atoms with Crippen LogP contribution in [0.4, 0.5) is 0 Å². The highest BCUT2D eigenvalue weighted by Gasteiger charge is 2.22. The number of carbonyl (C=O) groups is 1. The van der Waals surface area contributed by atoms with Crippen LogP contribution < -0.4 is 9.47 Å². The number of ether oxygens (including phenoxy) is 2. The highest BCUT2D eigenvalue weighted by molar-refractivity contribution is 7.99. The molecule has 1 heterocycles. The number of hydrogen-bond donors (Lipinski definition) is 0. The van der Waals surface area contributed by atoms with E-state index in [2.05, 4.69) is 5.10 Å². The molecular weight excluding hydrogens is 456 g/mol. The second-order valence-corrected chi connectivity index (χ2v) is 8.77. The van der Waals surface area contributed by atoms with Gasteiger partial charge in [0.15, 0.2) is 0 Å². The standard InChI is InChI=1S/C26H23ClN2O3S/c1-3-31-22-13-9-19(10-14-22)17-24(30)32-26-25(33-23-15-11-20(27)12-16-23)18(2)28-29(26)21-7-5-4-6-8-21/h4-16H,3,17H2,1-2H3. The van der Waals surface area contributed by atoms with Gasteiger partial charge in [-0.3, -0.25) is 4.79 Å². The molecule has 1 aromatic heterocycles. The second kappa shape index (κ2) is 10.6. The second-order valence-electron chi connectivity index (χ2n) is 7.25. The molecule has 0 saturated heterocycles. The zero-order valence-corrected chi connectivity index (χ0v) is 19.9. The number of halogens is 1. The van der Waals surface area contributed by atoms with Crippen LogP contribution in [-0.2, 0) is 11.2 Å². The topological polar surface area (TPSA) is 53.4 Å². The van der Waals surface area contributed by atoms with Crippen LogP contribution in [0.25, 0.3) is 5.69 Å². The molecule has 0 saturated carbocycles. The summed E-state index contributed by atoms with van der Waals surface area (Å²) in [4.78, 5) is 14.7. The van der Waals surface area contributed by atoms with Crippen molar-refractivity contribution in [2.75, 3.05) is 6.61 Å². The minimum Gasteiger partial charge on any atom is -0.494 e. The Kier molecular flexibility index (Phi) is 7.37. The van der Waals surface area contributed by atoms with Crippen molar-refractivity contribution in [1.29, 1.82) is 0 Å². The maximum absolute atomic E-state index is 12.9. The molecule has 0 atom stereocenters. The fourth-order valence-corrected chi connectivity index (χ4v) is 4.28. The Bertz CT molecular complexity index is 1220. The van der Waals surface area contributed by atoms with Crippen molar-refractivity contribution in [3.05, 3.63) is 95.1 Å². The van der Waals surface area contributed by atoms with Crippen LogP contribution in [0.15, 0.2) is 88.7 Å². The third kappa shape index (κ3) is 5.78. The summed E-state index contributed by atoms with van der Waals surface area (Å²) in [5.74, 6) is 0.804. The molecule has 3 aromatic carbocycles. The maximum Gasteiger partial charge on any atom is 0.317 e. The lowest BCUT2D eigenvalue weighted by molar-refractivity contribution is -0.134.